The van der Waals surface area contributed by atoms with Crippen molar-refractivity contribution >= 4 is 53.9 Å². The molecule has 2 aliphatic heterocycles. The summed E-state index contributed by atoms with van der Waals surface area (Å²) in [5.74, 6) is -2.38. The molecule has 0 spiro atoms. The van der Waals surface area contributed by atoms with E-state index in [4.69, 9.17) is 0 Å². The molecule has 1 fully saturated rings. The van der Waals surface area contributed by atoms with Crippen LogP contribution < -0.4 is 15.4 Å². The Morgan fingerprint density at radius 1 is 1.19 bits per heavy atom. The van der Waals surface area contributed by atoms with Crippen LogP contribution in [0.1, 0.15) is 50.8 Å². The summed E-state index contributed by atoms with van der Waals surface area (Å²) >= 11 is 1.04. The van der Waals surface area contributed by atoms with E-state index in [2.05, 4.69) is 33.6 Å². The minimum absolute atomic E-state index is 0.161. The number of fused-ring (bicyclic) bond motifs is 1. The number of thiophene rings is 1. The number of carbonyl (C=O) groups is 2. The average Bonchev–Trinajstić information content (AvgIpc) is 3.23. The van der Waals surface area contributed by atoms with Crippen LogP contribution in [0.2, 0.25) is 0 Å². The Labute approximate surface area is 221 Å². The van der Waals surface area contributed by atoms with Gasteiger partial charge in [-0.25, -0.2) is 13.1 Å². The highest BCUT2D eigenvalue weighted by Crippen LogP contribution is 2.46. The number of nitrogens with zero attached hydrogens (tertiary/aromatic N) is 1. The van der Waals surface area contributed by atoms with Crippen LogP contribution in [0.4, 0.5) is 5.00 Å². The summed E-state index contributed by atoms with van der Waals surface area (Å²) in [6, 6.07) is 8.68. The predicted octanol–water partition coefficient (Wildman–Crippen LogP) is 2.81. The zero-order valence-electron chi connectivity index (χ0n) is 20.9. The third-order valence-corrected chi connectivity index (χ3v) is 9.88. The standard InChI is InChI=1S/C24H30N4O6S3/c1-14(2)10-11-24(3)19(15-8-6-5-7-9-15)26-22(30)17(20(24)29)21-27-23-18(37(33,34)28-21)16(13-35-23)12-25-36(4,31)32/h5-9,13-14,17,19,25H,10-12H2,1-4H3,(H,26,30)(H,27,28). The van der Waals surface area contributed by atoms with Crippen LogP contribution in [-0.2, 0) is 36.2 Å². The minimum Gasteiger partial charge on any atom is -0.347 e. The fourth-order valence-electron chi connectivity index (χ4n) is 4.70. The molecule has 1 amide bonds. The highest BCUT2D eigenvalue weighted by atomic mass is 32.2. The van der Waals surface area contributed by atoms with Crippen molar-refractivity contribution in [2.24, 2.45) is 21.6 Å². The molecule has 4 rings (SSSR count). The van der Waals surface area contributed by atoms with Crippen molar-refractivity contribution in [2.75, 3.05) is 11.6 Å². The summed E-state index contributed by atoms with van der Waals surface area (Å²) < 4.78 is 55.4. The first-order chi connectivity index (χ1) is 17.2. The molecule has 0 aliphatic carbocycles. The minimum atomic E-state index is -4.30. The van der Waals surface area contributed by atoms with E-state index in [9.17, 15) is 26.4 Å². The van der Waals surface area contributed by atoms with Crippen LogP contribution in [0.15, 0.2) is 45.0 Å². The molecule has 0 bridgehead atoms. The van der Waals surface area contributed by atoms with Gasteiger partial charge in [-0.1, -0.05) is 51.1 Å². The van der Waals surface area contributed by atoms with Gasteiger partial charge in [0.05, 0.1) is 17.7 Å². The summed E-state index contributed by atoms with van der Waals surface area (Å²) in [5, 5.41) is 7.55. The molecule has 3 unspecified atom stereocenters. The number of nitrogens with one attached hydrogen (secondary N) is 3. The van der Waals surface area contributed by atoms with E-state index in [1.807, 2.05) is 37.3 Å². The number of ketones is 1. The molecular weight excluding hydrogens is 536 g/mol. The number of hydrogen-bond donors (Lipinski definition) is 3. The summed E-state index contributed by atoms with van der Waals surface area (Å²) in [5.41, 5.74) is 0.0213. The molecule has 0 saturated carbocycles. The third-order valence-electron chi connectivity index (χ3n) is 6.72. The van der Waals surface area contributed by atoms with E-state index in [0.29, 0.717) is 12.3 Å². The number of anilines is 1. The fraction of sp³-hybridized carbons (Fsp3) is 0.458. The van der Waals surface area contributed by atoms with Gasteiger partial charge in [-0.05, 0) is 29.7 Å². The maximum atomic E-state index is 14.0. The van der Waals surface area contributed by atoms with Gasteiger partial charge in [-0.3, -0.25) is 9.59 Å². The van der Waals surface area contributed by atoms with Crippen molar-refractivity contribution in [3.05, 3.63) is 46.8 Å². The van der Waals surface area contributed by atoms with E-state index >= 15 is 0 Å². The van der Waals surface area contributed by atoms with Gasteiger partial charge >= 0.3 is 0 Å². The molecule has 10 nitrogen and oxygen atoms in total. The zero-order chi connectivity index (χ0) is 27.2. The predicted molar refractivity (Wildman–Crippen MR) is 142 cm³/mol. The van der Waals surface area contributed by atoms with Gasteiger partial charge < -0.3 is 10.6 Å². The molecule has 3 heterocycles. The van der Waals surface area contributed by atoms with Crippen LogP contribution in [0.25, 0.3) is 0 Å². The second-order valence-corrected chi connectivity index (χ2v) is 14.3. The number of amidine groups is 1. The highest BCUT2D eigenvalue weighted by Gasteiger charge is 2.54. The van der Waals surface area contributed by atoms with Crippen molar-refractivity contribution in [3.8, 4) is 0 Å². The number of carbonyl (C=O) groups excluding carboxylic acids is 2. The summed E-state index contributed by atoms with van der Waals surface area (Å²) in [7, 11) is -7.86. The number of Topliss-reactive ketones (excluding diaryl/α,β-unsaturated/α-hetero) is 1. The smallest absolute Gasteiger partial charge is 0.287 e. The van der Waals surface area contributed by atoms with Crippen molar-refractivity contribution in [1.82, 2.24) is 10.0 Å². The molecule has 1 aromatic carbocycles. The second-order valence-electron chi connectivity index (χ2n) is 10.1. The van der Waals surface area contributed by atoms with Crippen molar-refractivity contribution in [2.45, 2.75) is 51.1 Å². The Kier molecular flexibility index (Phi) is 7.36. The lowest BCUT2D eigenvalue weighted by atomic mass is 9.65. The fourth-order valence-corrected chi connectivity index (χ4v) is 7.76. The molecule has 200 valence electrons. The Morgan fingerprint density at radius 2 is 1.86 bits per heavy atom. The quantitative estimate of drug-likeness (QED) is 0.416. The molecule has 3 atom stereocenters. The first-order valence-corrected chi connectivity index (χ1v) is 16.0. The van der Waals surface area contributed by atoms with Gasteiger partial charge in [-0.15, -0.1) is 15.7 Å². The van der Waals surface area contributed by atoms with Crippen molar-refractivity contribution < 1.29 is 26.4 Å². The van der Waals surface area contributed by atoms with Gasteiger partial charge in [-0.2, -0.15) is 8.42 Å². The number of rotatable bonds is 8. The lowest BCUT2D eigenvalue weighted by Gasteiger charge is -2.44. The Balaban J connectivity index is 1.71. The third kappa shape index (κ3) is 5.49. The molecule has 13 heteroatoms. The topological polar surface area (TPSA) is 151 Å². The first-order valence-electron chi connectivity index (χ1n) is 11.8. The normalized spacial score (nSPS) is 25.3. The summed E-state index contributed by atoms with van der Waals surface area (Å²) in [6.45, 7) is 5.69. The maximum Gasteiger partial charge on any atom is 0.287 e. The van der Waals surface area contributed by atoms with Crippen LogP contribution in [0.3, 0.4) is 0 Å². The van der Waals surface area contributed by atoms with Gasteiger partial charge in [0.1, 0.15) is 15.7 Å². The Hall–Kier alpha value is -2.61. The van der Waals surface area contributed by atoms with Crippen LogP contribution in [-0.4, -0.2) is 40.6 Å². The van der Waals surface area contributed by atoms with E-state index in [0.717, 1.165) is 29.6 Å². The molecule has 1 aromatic heterocycles. The average molecular weight is 567 g/mol. The van der Waals surface area contributed by atoms with Gasteiger partial charge in [0.2, 0.25) is 15.9 Å². The lowest BCUT2D eigenvalue weighted by molar-refractivity contribution is -0.145. The molecule has 2 aliphatic rings. The summed E-state index contributed by atoms with van der Waals surface area (Å²) in [4.78, 5) is 27.2. The molecule has 3 N–H and O–H groups in total. The number of sulfonamides is 2. The molecular formula is C24H30N4O6S3. The number of amides is 1. The van der Waals surface area contributed by atoms with E-state index < -0.39 is 49.1 Å². The largest absolute Gasteiger partial charge is 0.347 e. The van der Waals surface area contributed by atoms with Crippen LogP contribution in [0.5, 0.6) is 0 Å². The van der Waals surface area contributed by atoms with Gasteiger partial charge in [0.25, 0.3) is 10.0 Å². The number of hydrogen-bond acceptors (Lipinski definition) is 8. The van der Waals surface area contributed by atoms with Gasteiger partial charge in [0.15, 0.2) is 11.7 Å². The monoisotopic (exact) mass is 566 g/mol. The van der Waals surface area contributed by atoms with Gasteiger partial charge in [0, 0.05) is 12.1 Å². The molecule has 0 radical (unpaired) electrons. The lowest BCUT2D eigenvalue weighted by Crippen LogP contribution is -2.59. The van der Waals surface area contributed by atoms with E-state index in [1.165, 1.54) is 5.38 Å². The number of benzene rings is 1. The Morgan fingerprint density at radius 3 is 2.49 bits per heavy atom. The second kappa shape index (κ2) is 9.93. The van der Waals surface area contributed by atoms with E-state index in [1.54, 1.807) is 0 Å². The summed E-state index contributed by atoms with van der Waals surface area (Å²) in [6.07, 6.45) is 2.20. The maximum absolute atomic E-state index is 14.0. The first kappa shape index (κ1) is 27.4. The molecule has 1 saturated heterocycles. The highest BCUT2D eigenvalue weighted by molar-refractivity contribution is 7.91. The van der Waals surface area contributed by atoms with Crippen molar-refractivity contribution in [1.29, 1.82) is 0 Å². The van der Waals surface area contributed by atoms with Crippen LogP contribution in [0, 0.1) is 17.3 Å². The molecule has 2 aromatic rings. The zero-order valence-corrected chi connectivity index (χ0v) is 23.4. The van der Waals surface area contributed by atoms with Crippen molar-refractivity contribution in [3.63, 3.8) is 0 Å². The number of piperidine rings is 1. The van der Waals surface area contributed by atoms with E-state index in [-0.39, 0.29) is 27.8 Å². The van der Waals surface area contributed by atoms with Crippen LogP contribution >= 0.6 is 11.3 Å². The SMILES string of the molecule is CC(C)CCC1(C)C(=O)C(C2=NS(=O)(=O)c3c(CNS(C)(=O)=O)csc3N2)C(=O)NC1c1ccccc1. The molecule has 37 heavy (non-hydrogen) atoms. The Bertz CT molecular complexity index is 1460.